The van der Waals surface area contributed by atoms with Crippen molar-refractivity contribution >= 4 is 36.7 Å². The molecule has 0 bridgehead atoms. The predicted molar refractivity (Wildman–Crippen MR) is 122 cm³/mol. The Kier molecular flexibility index (Phi) is 5.87. The third-order valence-electron chi connectivity index (χ3n) is 5.70. The van der Waals surface area contributed by atoms with Gasteiger partial charge in [-0.2, -0.15) is 4.31 Å². The van der Waals surface area contributed by atoms with Gasteiger partial charge in [0.15, 0.2) is 0 Å². The van der Waals surface area contributed by atoms with E-state index in [2.05, 4.69) is 4.72 Å². The van der Waals surface area contributed by atoms with E-state index in [1.807, 2.05) is 13.8 Å². The molecule has 0 aliphatic carbocycles. The van der Waals surface area contributed by atoms with Crippen molar-refractivity contribution in [3.63, 3.8) is 0 Å². The number of anilines is 1. The van der Waals surface area contributed by atoms with E-state index < -0.39 is 25.7 Å². The van der Waals surface area contributed by atoms with Crippen molar-refractivity contribution in [2.24, 2.45) is 0 Å². The maximum Gasteiger partial charge on any atom is 0.336 e. The Hall–Kier alpha value is -2.69. The Morgan fingerprint density at radius 3 is 2.16 bits per heavy atom. The zero-order valence-corrected chi connectivity index (χ0v) is 19.3. The molecule has 10 heteroatoms. The highest BCUT2D eigenvalue weighted by Crippen LogP contribution is 2.30. The minimum Gasteiger partial charge on any atom is -0.423 e. The largest absolute Gasteiger partial charge is 0.423 e. The molecule has 170 valence electrons. The molecule has 2 unspecified atom stereocenters. The lowest BCUT2D eigenvalue weighted by molar-refractivity contribution is 0.204. The first kappa shape index (κ1) is 22.5. The van der Waals surface area contributed by atoms with Crippen molar-refractivity contribution in [1.29, 1.82) is 0 Å². The second-order valence-electron chi connectivity index (χ2n) is 8.05. The second kappa shape index (κ2) is 8.34. The molecule has 1 saturated heterocycles. The van der Waals surface area contributed by atoms with E-state index in [0.29, 0.717) is 5.39 Å². The molecule has 1 aliphatic heterocycles. The Morgan fingerprint density at radius 1 is 0.875 bits per heavy atom. The van der Waals surface area contributed by atoms with Gasteiger partial charge in [-0.05, 0) is 75.2 Å². The number of fused-ring (bicyclic) bond motifs is 1. The van der Waals surface area contributed by atoms with Crippen LogP contribution in [-0.4, -0.2) is 33.2 Å². The van der Waals surface area contributed by atoms with Crippen LogP contribution in [0.2, 0.25) is 0 Å². The highest BCUT2D eigenvalue weighted by atomic mass is 32.2. The number of sulfonamides is 2. The Labute approximate surface area is 187 Å². The maximum atomic E-state index is 13.1. The minimum atomic E-state index is -3.93. The summed E-state index contributed by atoms with van der Waals surface area (Å²) in [7, 11) is -7.61. The zero-order chi connectivity index (χ0) is 23.1. The molecule has 0 amide bonds. The number of nitrogens with one attached hydrogen (secondary N) is 1. The molecule has 0 radical (unpaired) electrons. The Bertz CT molecular complexity index is 1400. The number of benzene rings is 2. The van der Waals surface area contributed by atoms with E-state index in [1.165, 1.54) is 54.6 Å². The standard InChI is InChI=1S/C22H24N2O6S2/c1-15-4-3-5-16(2)24(15)32(28,29)19-9-7-18(8-10-19)23-31(26,27)20-11-12-21-17(14-20)6-13-22(25)30-21/h6-16,23H,3-5H2,1-2H3. The van der Waals surface area contributed by atoms with Crippen LogP contribution in [0, 0.1) is 0 Å². The molecule has 1 aromatic heterocycles. The summed E-state index contributed by atoms with van der Waals surface area (Å²) in [5.74, 6) is 0. The van der Waals surface area contributed by atoms with Crippen molar-refractivity contribution in [2.75, 3.05) is 4.72 Å². The molecular formula is C22H24N2O6S2. The molecule has 2 aromatic carbocycles. The third-order valence-corrected chi connectivity index (χ3v) is 9.22. The summed E-state index contributed by atoms with van der Waals surface area (Å²) < 4.78 is 60.9. The molecule has 32 heavy (non-hydrogen) atoms. The van der Waals surface area contributed by atoms with E-state index in [4.69, 9.17) is 4.42 Å². The number of hydrogen-bond donors (Lipinski definition) is 1. The van der Waals surface area contributed by atoms with Gasteiger partial charge in [-0.25, -0.2) is 21.6 Å². The van der Waals surface area contributed by atoms with E-state index in [-0.39, 0.29) is 33.1 Å². The lowest BCUT2D eigenvalue weighted by atomic mass is 10.0. The van der Waals surface area contributed by atoms with Crippen LogP contribution in [0.15, 0.2) is 73.6 Å². The highest BCUT2D eigenvalue weighted by molar-refractivity contribution is 7.92. The molecule has 0 saturated carbocycles. The van der Waals surface area contributed by atoms with Crippen LogP contribution in [0.5, 0.6) is 0 Å². The average Bonchev–Trinajstić information content (AvgIpc) is 2.73. The van der Waals surface area contributed by atoms with E-state index in [1.54, 1.807) is 4.31 Å². The van der Waals surface area contributed by atoms with Crippen LogP contribution >= 0.6 is 0 Å². The second-order valence-corrected chi connectivity index (χ2v) is 11.6. The highest BCUT2D eigenvalue weighted by Gasteiger charge is 2.35. The summed E-state index contributed by atoms with van der Waals surface area (Å²) in [5, 5.41) is 0.471. The topological polar surface area (TPSA) is 114 Å². The van der Waals surface area contributed by atoms with Crippen LogP contribution in [0.3, 0.4) is 0 Å². The molecular weight excluding hydrogens is 452 g/mol. The van der Waals surface area contributed by atoms with Crippen molar-refractivity contribution in [3.8, 4) is 0 Å². The summed E-state index contributed by atoms with van der Waals surface area (Å²) in [5.41, 5.74) is 0.00479. The zero-order valence-electron chi connectivity index (χ0n) is 17.7. The van der Waals surface area contributed by atoms with Gasteiger partial charge in [0.2, 0.25) is 10.0 Å². The van der Waals surface area contributed by atoms with Gasteiger partial charge in [0.05, 0.1) is 9.79 Å². The van der Waals surface area contributed by atoms with Gasteiger partial charge in [0.1, 0.15) is 5.58 Å². The fourth-order valence-electron chi connectivity index (χ4n) is 4.12. The molecule has 4 rings (SSSR count). The van der Waals surface area contributed by atoms with Gasteiger partial charge in [0, 0.05) is 29.2 Å². The van der Waals surface area contributed by atoms with Crippen molar-refractivity contribution < 1.29 is 21.3 Å². The van der Waals surface area contributed by atoms with Crippen LogP contribution < -0.4 is 10.3 Å². The normalized spacial score (nSPS) is 20.3. The lowest BCUT2D eigenvalue weighted by Crippen LogP contribution is -2.47. The molecule has 3 aromatic rings. The van der Waals surface area contributed by atoms with Crippen molar-refractivity contribution in [2.45, 2.75) is 55.0 Å². The Balaban J connectivity index is 1.58. The molecule has 0 spiro atoms. The molecule has 1 aliphatic rings. The van der Waals surface area contributed by atoms with Crippen molar-refractivity contribution in [3.05, 3.63) is 65.0 Å². The van der Waals surface area contributed by atoms with Crippen LogP contribution in [0.25, 0.3) is 11.0 Å². The van der Waals surface area contributed by atoms with Gasteiger partial charge in [-0.15, -0.1) is 0 Å². The molecule has 1 N–H and O–H groups in total. The smallest absolute Gasteiger partial charge is 0.336 e. The van der Waals surface area contributed by atoms with Crippen molar-refractivity contribution in [1.82, 2.24) is 4.31 Å². The summed E-state index contributed by atoms with van der Waals surface area (Å²) >= 11 is 0. The van der Waals surface area contributed by atoms with Crippen LogP contribution in [-0.2, 0) is 20.0 Å². The molecule has 2 atom stereocenters. The fraction of sp³-hybridized carbons (Fsp3) is 0.318. The van der Waals surface area contributed by atoms with E-state index in [0.717, 1.165) is 19.3 Å². The third kappa shape index (κ3) is 4.30. The summed E-state index contributed by atoms with van der Waals surface area (Å²) in [6.45, 7) is 3.81. The number of piperidine rings is 1. The average molecular weight is 477 g/mol. The Morgan fingerprint density at radius 2 is 1.50 bits per heavy atom. The quantitative estimate of drug-likeness (QED) is 0.564. The SMILES string of the molecule is CC1CCCC(C)N1S(=O)(=O)c1ccc(NS(=O)(=O)c2ccc3oc(=O)ccc3c2)cc1. The van der Waals surface area contributed by atoms with Gasteiger partial charge in [-0.1, -0.05) is 6.42 Å². The van der Waals surface area contributed by atoms with Gasteiger partial charge >= 0.3 is 5.63 Å². The first-order valence-electron chi connectivity index (χ1n) is 10.3. The number of hydrogen-bond acceptors (Lipinski definition) is 6. The number of rotatable bonds is 5. The van der Waals surface area contributed by atoms with E-state index >= 15 is 0 Å². The molecule has 2 heterocycles. The monoisotopic (exact) mass is 476 g/mol. The molecule has 1 fully saturated rings. The van der Waals surface area contributed by atoms with Gasteiger partial charge in [-0.3, -0.25) is 4.72 Å². The first-order valence-corrected chi connectivity index (χ1v) is 13.2. The van der Waals surface area contributed by atoms with Crippen LogP contribution in [0.1, 0.15) is 33.1 Å². The van der Waals surface area contributed by atoms with Gasteiger partial charge in [0.25, 0.3) is 10.0 Å². The fourth-order valence-corrected chi connectivity index (χ4v) is 7.09. The summed E-state index contributed by atoms with van der Waals surface area (Å²) in [6, 6.07) is 12.4. The van der Waals surface area contributed by atoms with E-state index in [9.17, 15) is 21.6 Å². The van der Waals surface area contributed by atoms with Crippen LogP contribution in [0.4, 0.5) is 5.69 Å². The first-order chi connectivity index (χ1) is 15.1. The maximum absolute atomic E-state index is 13.1. The minimum absolute atomic E-state index is 0.00786. The lowest BCUT2D eigenvalue weighted by Gasteiger charge is -2.37. The van der Waals surface area contributed by atoms with Gasteiger partial charge < -0.3 is 4.42 Å². The summed E-state index contributed by atoms with van der Waals surface area (Å²) in [4.78, 5) is 11.4. The number of nitrogens with zero attached hydrogens (tertiary/aromatic N) is 1. The molecule has 8 nitrogen and oxygen atoms in total. The summed E-state index contributed by atoms with van der Waals surface area (Å²) in [6.07, 6.45) is 2.63. The predicted octanol–water partition coefficient (Wildman–Crippen LogP) is 3.55.